The van der Waals surface area contributed by atoms with Crippen LogP contribution < -0.4 is 0 Å². The van der Waals surface area contributed by atoms with Gasteiger partial charge in [-0.05, 0) is 18.1 Å². The number of benzene rings is 1. The lowest BCUT2D eigenvalue weighted by atomic mass is 10.1. The second-order valence-corrected chi connectivity index (χ2v) is 4.29. The monoisotopic (exact) mass is 219 g/mol. The molecule has 1 heterocycles. The third kappa shape index (κ3) is 2.05. The van der Waals surface area contributed by atoms with E-state index in [1.165, 1.54) is 6.07 Å². The quantitative estimate of drug-likeness (QED) is 0.586. The summed E-state index contributed by atoms with van der Waals surface area (Å²) in [5.41, 5.74) is 0.811. The lowest BCUT2D eigenvalue weighted by molar-refractivity contribution is -0.384. The lowest BCUT2D eigenvalue weighted by Gasteiger charge is -1.98. The number of rotatable bonds is 3. The van der Waals surface area contributed by atoms with Gasteiger partial charge in [0.25, 0.3) is 5.69 Å². The molecule has 0 aliphatic rings. The Morgan fingerprint density at radius 3 is 2.75 bits per heavy atom. The highest BCUT2D eigenvalue weighted by molar-refractivity contribution is 5.80. The number of nitro groups is 1. The molecule has 84 valence electrons. The van der Waals surface area contributed by atoms with Crippen LogP contribution in [0.5, 0.6) is 0 Å². The molecule has 0 fully saturated rings. The molecule has 0 N–H and O–H groups in total. The molecule has 0 amide bonds. The van der Waals surface area contributed by atoms with E-state index in [0.29, 0.717) is 11.5 Å². The van der Waals surface area contributed by atoms with E-state index in [1.54, 1.807) is 12.1 Å². The fourth-order valence-electron chi connectivity index (χ4n) is 1.70. The standard InChI is InChI=1S/C12H13NO3/c1-8(2)5-11-7-9-6-10(13(14)15)3-4-12(9)16-11/h3-4,6-8H,5H2,1-2H3. The highest BCUT2D eigenvalue weighted by atomic mass is 16.6. The normalized spacial score (nSPS) is 11.2. The second-order valence-electron chi connectivity index (χ2n) is 4.29. The van der Waals surface area contributed by atoms with E-state index in [4.69, 9.17) is 4.42 Å². The van der Waals surface area contributed by atoms with Gasteiger partial charge in [0.15, 0.2) is 0 Å². The van der Waals surface area contributed by atoms with Crippen LogP contribution in [0.3, 0.4) is 0 Å². The van der Waals surface area contributed by atoms with Crippen LogP contribution in [0, 0.1) is 16.0 Å². The number of hydrogen-bond acceptors (Lipinski definition) is 3. The van der Waals surface area contributed by atoms with Gasteiger partial charge in [-0.25, -0.2) is 0 Å². The zero-order chi connectivity index (χ0) is 11.7. The molecule has 2 rings (SSSR count). The molecule has 4 heteroatoms. The highest BCUT2D eigenvalue weighted by Crippen LogP contribution is 2.25. The van der Waals surface area contributed by atoms with Crippen molar-refractivity contribution in [1.29, 1.82) is 0 Å². The molecule has 0 saturated carbocycles. The third-order valence-corrected chi connectivity index (χ3v) is 2.37. The number of hydrogen-bond donors (Lipinski definition) is 0. The summed E-state index contributed by atoms with van der Waals surface area (Å²) in [7, 11) is 0. The molecular formula is C12H13NO3. The third-order valence-electron chi connectivity index (χ3n) is 2.37. The average molecular weight is 219 g/mol. The number of non-ortho nitro benzene ring substituents is 1. The van der Waals surface area contributed by atoms with Gasteiger partial charge in [0, 0.05) is 23.9 Å². The van der Waals surface area contributed by atoms with E-state index in [9.17, 15) is 10.1 Å². The first-order valence-corrected chi connectivity index (χ1v) is 5.23. The van der Waals surface area contributed by atoms with Gasteiger partial charge in [-0.1, -0.05) is 13.8 Å². The smallest absolute Gasteiger partial charge is 0.270 e. The molecule has 0 saturated heterocycles. The Balaban J connectivity index is 2.42. The summed E-state index contributed by atoms with van der Waals surface area (Å²) >= 11 is 0. The minimum atomic E-state index is -0.394. The summed E-state index contributed by atoms with van der Waals surface area (Å²) < 4.78 is 5.59. The van der Waals surface area contributed by atoms with Gasteiger partial charge in [0.05, 0.1) is 4.92 Å². The van der Waals surface area contributed by atoms with Crippen molar-refractivity contribution in [3.05, 3.63) is 40.1 Å². The average Bonchev–Trinajstić information content (AvgIpc) is 2.56. The van der Waals surface area contributed by atoms with E-state index < -0.39 is 4.92 Å². The maximum Gasteiger partial charge on any atom is 0.270 e. The zero-order valence-electron chi connectivity index (χ0n) is 9.27. The van der Waals surface area contributed by atoms with Crippen molar-refractivity contribution in [3.8, 4) is 0 Å². The van der Waals surface area contributed by atoms with Crippen molar-refractivity contribution in [1.82, 2.24) is 0 Å². The summed E-state index contributed by atoms with van der Waals surface area (Å²) in [6.45, 7) is 4.21. The number of nitrogens with zero attached hydrogens (tertiary/aromatic N) is 1. The fraction of sp³-hybridized carbons (Fsp3) is 0.333. The van der Waals surface area contributed by atoms with Gasteiger partial charge < -0.3 is 4.42 Å². The van der Waals surface area contributed by atoms with Crippen LogP contribution in [0.1, 0.15) is 19.6 Å². The SMILES string of the molecule is CC(C)Cc1cc2cc([N+](=O)[O-])ccc2o1. The van der Waals surface area contributed by atoms with Gasteiger partial charge in [0.1, 0.15) is 11.3 Å². The first kappa shape index (κ1) is 10.7. The molecule has 0 aliphatic carbocycles. The summed E-state index contributed by atoms with van der Waals surface area (Å²) in [4.78, 5) is 10.2. The van der Waals surface area contributed by atoms with Crippen LogP contribution in [0.4, 0.5) is 5.69 Å². The van der Waals surface area contributed by atoms with Crippen LogP contribution >= 0.6 is 0 Å². The van der Waals surface area contributed by atoms with Crippen molar-refractivity contribution >= 4 is 16.7 Å². The largest absolute Gasteiger partial charge is 0.461 e. The number of nitro benzene ring substituents is 1. The van der Waals surface area contributed by atoms with Crippen molar-refractivity contribution in [2.24, 2.45) is 5.92 Å². The predicted molar refractivity (Wildman–Crippen MR) is 61.4 cm³/mol. The minimum Gasteiger partial charge on any atom is -0.461 e. The van der Waals surface area contributed by atoms with Crippen molar-refractivity contribution in [2.75, 3.05) is 0 Å². The van der Waals surface area contributed by atoms with Crippen molar-refractivity contribution in [2.45, 2.75) is 20.3 Å². The fourth-order valence-corrected chi connectivity index (χ4v) is 1.70. The molecule has 0 unspecified atom stereocenters. The molecule has 2 aromatic rings. The molecule has 0 atom stereocenters. The number of fused-ring (bicyclic) bond motifs is 1. The topological polar surface area (TPSA) is 56.3 Å². The molecular weight excluding hydrogens is 206 g/mol. The molecule has 16 heavy (non-hydrogen) atoms. The summed E-state index contributed by atoms with van der Waals surface area (Å²) in [5.74, 6) is 1.39. The van der Waals surface area contributed by atoms with Crippen LogP contribution in [-0.4, -0.2) is 4.92 Å². The van der Waals surface area contributed by atoms with Gasteiger partial charge in [-0.3, -0.25) is 10.1 Å². The first-order chi connectivity index (χ1) is 7.56. The van der Waals surface area contributed by atoms with E-state index in [1.807, 2.05) is 6.07 Å². The maximum absolute atomic E-state index is 10.6. The van der Waals surface area contributed by atoms with E-state index in [0.717, 1.165) is 17.6 Å². The van der Waals surface area contributed by atoms with Crippen LogP contribution in [0.15, 0.2) is 28.7 Å². The molecule has 4 nitrogen and oxygen atoms in total. The lowest BCUT2D eigenvalue weighted by Crippen LogP contribution is -1.90. The van der Waals surface area contributed by atoms with Crippen LogP contribution in [0.2, 0.25) is 0 Å². The second kappa shape index (κ2) is 3.96. The molecule has 0 bridgehead atoms. The Labute approximate surface area is 93.0 Å². The molecule has 1 aromatic carbocycles. The maximum atomic E-state index is 10.6. The van der Waals surface area contributed by atoms with E-state index >= 15 is 0 Å². The van der Waals surface area contributed by atoms with E-state index in [2.05, 4.69) is 13.8 Å². The van der Waals surface area contributed by atoms with E-state index in [-0.39, 0.29) is 5.69 Å². The first-order valence-electron chi connectivity index (χ1n) is 5.23. The molecule has 0 radical (unpaired) electrons. The zero-order valence-corrected chi connectivity index (χ0v) is 9.27. The summed E-state index contributed by atoms with van der Waals surface area (Å²) in [5, 5.41) is 11.4. The van der Waals surface area contributed by atoms with Gasteiger partial charge >= 0.3 is 0 Å². The van der Waals surface area contributed by atoms with Gasteiger partial charge in [0.2, 0.25) is 0 Å². The molecule has 1 aromatic heterocycles. The van der Waals surface area contributed by atoms with Crippen LogP contribution in [-0.2, 0) is 6.42 Å². The Bertz CT molecular complexity index is 528. The molecule has 0 spiro atoms. The summed E-state index contributed by atoms with van der Waals surface area (Å²) in [6, 6.07) is 6.53. The van der Waals surface area contributed by atoms with Gasteiger partial charge in [-0.2, -0.15) is 0 Å². The summed E-state index contributed by atoms with van der Waals surface area (Å²) in [6.07, 6.45) is 0.850. The predicted octanol–water partition coefficient (Wildman–Crippen LogP) is 3.54. The minimum absolute atomic E-state index is 0.101. The number of furan rings is 1. The van der Waals surface area contributed by atoms with Gasteiger partial charge in [-0.15, -0.1) is 0 Å². The van der Waals surface area contributed by atoms with Crippen LogP contribution in [0.25, 0.3) is 11.0 Å². The Morgan fingerprint density at radius 1 is 1.38 bits per heavy atom. The highest BCUT2D eigenvalue weighted by Gasteiger charge is 2.10. The Kier molecular flexibility index (Phi) is 2.64. The van der Waals surface area contributed by atoms with Crippen molar-refractivity contribution < 1.29 is 9.34 Å². The molecule has 0 aliphatic heterocycles. The Morgan fingerprint density at radius 2 is 2.12 bits per heavy atom. The Hall–Kier alpha value is -1.84. The van der Waals surface area contributed by atoms with Crippen molar-refractivity contribution in [3.63, 3.8) is 0 Å².